The first-order valence-electron chi connectivity index (χ1n) is 10.0. The van der Waals surface area contributed by atoms with Gasteiger partial charge in [0.1, 0.15) is 0 Å². The highest BCUT2D eigenvalue weighted by Crippen LogP contribution is 2.69. The maximum Gasteiger partial charge on any atom is 0.310 e. The molecule has 0 heterocycles. The van der Waals surface area contributed by atoms with Crippen molar-refractivity contribution >= 4 is 11.9 Å². The van der Waals surface area contributed by atoms with Gasteiger partial charge in [0.25, 0.3) is 0 Å². The van der Waals surface area contributed by atoms with Crippen LogP contribution in [0.2, 0.25) is 0 Å². The molecule has 27 heavy (non-hydrogen) atoms. The van der Waals surface area contributed by atoms with E-state index in [0.29, 0.717) is 13.2 Å². The summed E-state index contributed by atoms with van der Waals surface area (Å²) in [6, 6.07) is 0. The Morgan fingerprint density at radius 1 is 0.815 bits per heavy atom. The van der Waals surface area contributed by atoms with Gasteiger partial charge in [0, 0.05) is 10.8 Å². The zero-order valence-corrected chi connectivity index (χ0v) is 18.9. The van der Waals surface area contributed by atoms with Gasteiger partial charge in [0.2, 0.25) is 0 Å². The highest BCUT2D eigenvalue weighted by molar-refractivity contribution is 5.86. The van der Waals surface area contributed by atoms with E-state index in [1.807, 2.05) is 41.5 Å². The molecule has 1 saturated carbocycles. The van der Waals surface area contributed by atoms with Crippen LogP contribution in [0.4, 0.5) is 0 Å². The van der Waals surface area contributed by atoms with Gasteiger partial charge in [-0.2, -0.15) is 0 Å². The Bertz CT molecular complexity index is 605. The summed E-state index contributed by atoms with van der Waals surface area (Å²) < 4.78 is 11.4. The molecule has 4 nitrogen and oxygen atoms in total. The summed E-state index contributed by atoms with van der Waals surface area (Å²) in [7, 11) is 0. The van der Waals surface area contributed by atoms with E-state index in [1.165, 1.54) is 11.1 Å². The van der Waals surface area contributed by atoms with Crippen molar-refractivity contribution < 1.29 is 19.1 Å². The van der Waals surface area contributed by atoms with E-state index in [0.717, 1.165) is 6.42 Å². The zero-order valence-electron chi connectivity index (χ0n) is 18.9. The molecular formula is C23H38O4. The number of esters is 2. The SMILES string of the molecule is CC1=C(C)C2(C)CC1(C)C(C(=O)OCC(C)(C)C)C2C(=O)OCC(C)(C)C. The van der Waals surface area contributed by atoms with E-state index in [2.05, 4.69) is 27.7 Å². The van der Waals surface area contributed by atoms with Crippen LogP contribution in [0, 0.1) is 33.5 Å². The molecule has 2 rings (SSSR count). The first kappa shape index (κ1) is 22.0. The number of carbonyl (C=O) groups excluding carboxylic acids is 2. The fraction of sp³-hybridized carbons (Fsp3) is 0.826. The first-order valence-corrected chi connectivity index (χ1v) is 10.0. The quantitative estimate of drug-likeness (QED) is 0.500. The summed E-state index contributed by atoms with van der Waals surface area (Å²) in [5, 5.41) is 0. The van der Waals surface area contributed by atoms with Gasteiger partial charge in [-0.15, -0.1) is 0 Å². The van der Waals surface area contributed by atoms with Gasteiger partial charge in [-0.25, -0.2) is 0 Å². The molecule has 2 aliphatic carbocycles. The molecule has 0 radical (unpaired) electrons. The fourth-order valence-electron chi connectivity index (χ4n) is 4.85. The van der Waals surface area contributed by atoms with Gasteiger partial charge in [-0.3, -0.25) is 9.59 Å². The van der Waals surface area contributed by atoms with Gasteiger partial charge in [-0.05, 0) is 31.1 Å². The van der Waals surface area contributed by atoms with E-state index in [4.69, 9.17) is 9.47 Å². The topological polar surface area (TPSA) is 52.6 Å². The van der Waals surface area contributed by atoms with Gasteiger partial charge in [-0.1, -0.05) is 66.5 Å². The Labute approximate surface area is 165 Å². The molecule has 2 bridgehead atoms. The van der Waals surface area contributed by atoms with Crippen LogP contribution in [-0.4, -0.2) is 25.2 Å². The van der Waals surface area contributed by atoms with E-state index in [9.17, 15) is 9.59 Å². The lowest BCUT2D eigenvalue weighted by atomic mass is 9.65. The molecule has 0 spiro atoms. The van der Waals surface area contributed by atoms with Crippen LogP contribution in [0.25, 0.3) is 0 Å². The molecule has 0 saturated heterocycles. The summed E-state index contributed by atoms with van der Waals surface area (Å²) in [4.78, 5) is 26.3. The highest BCUT2D eigenvalue weighted by Gasteiger charge is 2.68. The number of allylic oxidation sites excluding steroid dienone is 2. The average Bonchev–Trinajstić information content (AvgIpc) is 2.85. The number of hydrogen-bond donors (Lipinski definition) is 0. The van der Waals surface area contributed by atoms with Crippen LogP contribution >= 0.6 is 0 Å². The van der Waals surface area contributed by atoms with E-state index >= 15 is 0 Å². The summed E-state index contributed by atoms with van der Waals surface area (Å²) in [6.45, 7) is 21.3. The standard InChI is InChI=1S/C23H38O4/c1-14-15(2)23(10)11-22(14,9)16(18(24)26-12-20(3,4)5)17(23)19(25)27-13-21(6,7)8/h16-17H,11-13H2,1-10H3. The van der Waals surface area contributed by atoms with E-state index in [-0.39, 0.29) is 33.6 Å². The van der Waals surface area contributed by atoms with Crippen LogP contribution in [0.1, 0.15) is 75.7 Å². The Balaban J connectivity index is 2.36. The number of hydrogen-bond acceptors (Lipinski definition) is 4. The maximum atomic E-state index is 13.1. The van der Waals surface area contributed by atoms with Crippen molar-refractivity contribution in [2.45, 2.75) is 75.7 Å². The van der Waals surface area contributed by atoms with Crippen LogP contribution in [0.5, 0.6) is 0 Å². The summed E-state index contributed by atoms with van der Waals surface area (Å²) >= 11 is 0. The van der Waals surface area contributed by atoms with Gasteiger partial charge in [0.15, 0.2) is 0 Å². The number of rotatable bonds is 4. The summed E-state index contributed by atoms with van der Waals surface area (Å²) in [6.07, 6.45) is 0.794. The lowest BCUT2D eigenvalue weighted by Gasteiger charge is -2.39. The third-order valence-electron chi connectivity index (χ3n) is 6.52. The summed E-state index contributed by atoms with van der Waals surface area (Å²) in [5.74, 6) is -1.50. The molecule has 2 aliphatic rings. The molecule has 0 aliphatic heterocycles. The van der Waals surface area contributed by atoms with Crippen molar-refractivity contribution in [3.63, 3.8) is 0 Å². The second-order valence-corrected chi connectivity index (χ2v) is 11.6. The van der Waals surface area contributed by atoms with Gasteiger partial charge >= 0.3 is 11.9 Å². The van der Waals surface area contributed by atoms with Gasteiger partial charge < -0.3 is 9.47 Å². The smallest absolute Gasteiger partial charge is 0.310 e. The predicted molar refractivity (Wildman–Crippen MR) is 107 cm³/mol. The molecule has 4 unspecified atom stereocenters. The number of carbonyl (C=O) groups is 2. The largest absolute Gasteiger partial charge is 0.465 e. The molecule has 4 heteroatoms. The van der Waals surface area contributed by atoms with Crippen molar-refractivity contribution in [1.29, 1.82) is 0 Å². The molecule has 0 amide bonds. The second kappa shape index (κ2) is 6.63. The molecule has 0 N–H and O–H groups in total. The molecule has 0 aromatic rings. The van der Waals surface area contributed by atoms with Crippen LogP contribution in [0.3, 0.4) is 0 Å². The lowest BCUT2D eigenvalue weighted by Crippen LogP contribution is -2.45. The molecule has 0 aromatic carbocycles. The zero-order chi connectivity index (χ0) is 21.0. The lowest BCUT2D eigenvalue weighted by molar-refractivity contribution is -0.168. The third kappa shape index (κ3) is 3.95. The molecule has 154 valence electrons. The minimum absolute atomic E-state index is 0.110. The van der Waals surface area contributed by atoms with E-state index in [1.54, 1.807) is 0 Å². The van der Waals surface area contributed by atoms with E-state index < -0.39 is 11.8 Å². The number of ether oxygens (including phenoxy) is 2. The van der Waals surface area contributed by atoms with Crippen LogP contribution in [-0.2, 0) is 19.1 Å². The number of fused-ring (bicyclic) bond motifs is 2. The monoisotopic (exact) mass is 378 g/mol. The second-order valence-electron chi connectivity index (χ2n) is 11.6. The predicted octanol–water partition coefficient (Wildman–Crippen LogP) is 5.16. The fourth-order valence-corrected chi connectivity index (χ4v) is 4.85. The Morgan fingerprint density at radius 2 is 1.11 bits per heavy atom. The molecular weight excluding hydrogens is 340 g/mol. The Morgan fingerprint density at radius 3 is 1.37 bits per heavy atom. The Kier molecular flexibility index (Phi) is 5.40. The van der Waals surface area contributed by atoms with Crippen molar-refractivity contribution in [1.82, 2.24) is 0 Å². The van der Waals surface area contributed by atoms with Crippen LogP contribution in [0.15, 0.2) is 11.1 Å². The normalized spacial score (nSPS) is 33.4. The van der Waals surface area contributed by atoms with Crippen molar-refractivity contribution in [2.75, 3.05) is 13.2 Å². The summed E-state index contributed by atoms with van der Waals surface area (Å²) in [5.41, 5.74) is 1.53. The minimum atomic E-state index is -0.485. The average molecular weight is 379 g/mol. The minimum Gasteiger partial charge on any atom is -0.465 e. The van der Waals surface area contributed by atoms with Gasteiger partial charge in [0.05, 0.1) is 25.0 Å². The van der Waals surface area contributed by atoms with Crippen molar-refractivity contribution in [3.05, 3.63) is 11.1 Å². The highest BCUT2D eigenvalue weighted by atomic mass is 16.5. The molecule has 0 aromatic heterocycles. The maximum absolute atomic E-state index is 13.1. The third-order valence-corrected chi connectivity index (χ3v) is 6.52. The van der Waals surface area contributed by atoms with Crippen molar-refractivity contribution in [3.8, 4) is 0 Å². The Hall–Kier alpha value is -1.32. The van der Waals surface area contributed by atoms with Crippen LogP contribution < -0.4 is 0 Å². The first-order chi connectivity index (χ1) is 12.0. The molecule has 4 atom stereocenters. The van der Waals surface area contributed by atoms with Crippen molar-refractivity contribution in [2.24, 2.45) is 33.5 Å². The molecule has 1 fully saturated rings.